The van der Waals surface area contributed by atoms with E-state index in [1.807, 2.05) is 24.3 Å². The maximum absolute atomic E-state index is 14.0. The second-order valence-electron chi connectivity index (χ2n) is 7.71. The highest BCUT2D eigenvalue weighted by Gasteiger charge is 2.48. The Balaban J connectivity index is 1.49. The molecule has 2 aromatic rings. The molecule has 1 saturated carbocycles. The average Bonchev–Trinajstić information content (AvgIpc) is 2.68. The summed E-state index contributed by atoms with van der Waals surface area (Å²) >= 11 is 3.41. The summed E-state index contributed by atoms with van der Waals surface area (Å²) in [5.74, 6) is -1.93. The fraction of sp³-hybridized carbons (Fsp3) is 0.381. The largest absolute Gasteiger partial charge is 0.339 e. The lowest BCUT2D eigenvalue weighted by atomic mass is 9.63. The van der Waals surface area contributed by atoms with Gasteiger partial charge in [-0.1, -0.05) is 34.5 Å². The van der Waals surface area contributed by atoms with Gasteiger partial charge in [-0.3, -0.25) is 4.79 Å². The highest BCUT2D eigenvalue weighted by Crippen LogP contribution is 2.45. The van der Waals surface area contributed by atoms with Crippen molar-refractivity contribution in [2.75, 3.05) is 26.2 Å². The van der Waals surface area contributed by atoms with Crippen molar-refractivity contribution >= 4 is 31.9 Å². The Morgan fingerprint density at radius 1 is 0.967 bits per heavy atom. The highest BCUT2D eigenvalue weighted by molar-refractivity contribution is 9.10. The summed E-state index contributed by atoms with van der Waals surface area (Å²) in [5.41, 5.74) is 0.426. The van der Waals surface area contributed by atoms with Crippen LogP contribution < -0.4 is 0 Å². The molecule has 0 aromatic heterocycles. The summed E-state index contributed by atoms with van der Waals surface area (Å²) in [4.78, 5) is 14.5. The molecular weight excluding hydrogens is 478 g/mol. The molecule has 0 unspecified atom stereocenters. The van der Waals surface area contributed by atoms with Crippen LogP contribution in [0.3, 0.4) is 0 Å². The zero-order chi connectivity index (χ0) is 21.5. The summed E-state index contributed by atoms with van der Waals surface area (Å²) in [7, 11) is -4.09. The predicted octanol–water partition coefficient (Wildman–Crippen LogP) is 3.68. The smallest absolute Gasteiger partial charge is 0.246 e. The second kappa shape index (κ2) is 8.01. The molecule has 1 aliphatic carbocycles. The molecule has 160 valence electrons. The number of piperazine rings is 1. The van der Waals surface area contributed by atoms with Gasteiger partial charge in [0.1, 0.15) is 16.5 Å². The highest BCUT2D eigenvalue weighted by atomic mass is 79.9. The third-order valence-corrected chi connectivity index (χ3v) is 8.51. The van der Waals surface area contributed by atoms with Crippen molar-refractivity contribution in [2.45, 2.75) is 29.6 Å². The van der Waals surface area contributed by atoms with E-state index in [4.69, 9.17) is 0 Å². The van der Waals surface area contributed by atoms with Crippen LogP contribution in [0.15, 0.2) is 51.8 Å². The Morgan fingerprint density at radius 3 is 2.13 bits per heavy atom. The van der Waals surface area contributed by atoms with Crippen molar-refractivity contribution < 1.29 is 22.0 Å². The van der Waals surface area contributed by atoms with E-state index in [-0.39, 0.29) is 32.1 Å². The number of nitrogens with zero attached hydrogens (tertiary/aromatic N) is 2. The van der Waals surface area contributed by atoms with E-state index in [1.54, 1.807) is 4.90 Å². The molecule has 0 radical (unpaired) electrons. The van der Waals surface area contributed by atoms with E-state index in [0.29, 0.717) is 6.07 Å². The average molecular weight is 499 g/mol. The molecule has 0 bridgehead atoms. The molecule has 5 nitrogen and oxygen atoms in total. The maximum Gasteiger partial charge on any atom is 0.246 e. The van der Waals surface area contributed by atoms with Crippen LogP contribution in [0.25, 0.3) is 0 Å². The van der Waals surface area contributed by atoms with Crippen molar-refractivity contribution in [3.05, 3.63) is 64.1 Å². The van der Waals surface area contributed by atoms with Crippen molar-refractivity contribution in [1.82, 2.24) is 9.21 Å². The van der Waals surface area contributed by atoms with Crippen LogP contribution in [-0.4, -0.2) is 49.7 Å². The number of sulfonamides is 1. The van der Waals surface area contributed by atoms with Crippen molar-refractivity contribution in [3.8, 4) is 0 Å². The summed E-state index contributed by atoms with van der Waals surface area (Å²) in [6, 6.07) is 10.2. The second-order valence-corrected chi connectivity index (χ2v) is 10.5. The molecule has 1 aliphatic heterocycles. The third kappa shape index (κ3) is 3.67. The molecule has 0 spiro atoms. The fourth-order valence-corrected chi connectivity index (χ4v) is 5.91. The number of hydrogen-bond donors (Lipinski definition) is 0. The van der Waals surface area contributed by atoms with E-state index in [2.05, 4.69) is 15.9 Å². The van der Waals surface area contributed by atoms with E-state index in [1.165, 1.54) is 0 Å². The monoisotopic (exact) mass is 498 g/mol. The van der Waals surface area contributed by atoms with Gasteiger partial charge < -0.3 is 4.90 Å². The third-order valence-electron chi connectivity index (χ3n) is 6.05. The molecule has 0 atom stereocenters. The van der Waals surface area contributed by atoms with E-state index in [9.17, 15) is 22.0 Å². The number of halogens is 3. The Kier molecular flexibility index (Phi) is 5.71. The van der Waals surface area contributed by atoms with Gasteiger partial charge in [-0.2, -0.15) is 4.31 Å². The van der Waals surface area contributed by atoms with Crippen LogP contribution >= 0.6 is 15.9 Å². The maximum atomic E-state index is 14.0. The molecule has 2 fully saturated rings. The van der Waals surface area contributed by atoms with Crippen LogP contribution in [0.2, 0.25) is 0 Å². The van der Waals surface area contributed by atoms with Gasteiger partial charge in [0.2, 0.25) is 15.9 Å². The molecule has 1 amide bonds. The van der Waals surface area contributed by atoms with Gasteiger partial charge in [0, 0.05) is 36.7 Å². The lowest BCUT2D eigenvalue weighted by Gasteiger charge is -2.46. The first-order valence-electron chi connectivity index (χ1n) is 9.75. The van der Waals surface area contributed by atoms with Gasteiger partial charge in [0.15, 0.2) is 0 Å². The summed E-state index contributed by atoms with van der Waals surface area (Å²) in [5, 5.41) is 0. The van der Waals surface area contributed by atoms with Gasteiger partial charge in [0.05, 0.1) is 5.41 Å². The molecule has 9 heteroatoms. The normalized spacial score (nSPS) is 19.4. The van der Waals surface area contributed by atoms with Crippen LogP contribution in [0, 0.1) is 11.6 Å². The van der Waals surface area contributed by atoms with E-state index >= 15 is 0 Å². The van der Waals surface area contributed by atoms with Crippen molar-refractivity contribution in [2.24, 2.45) is 0 Å². The Morgan fingerprint density at radius 2 is 1.60 bits per heavy atom. The van der Waals surface area contributed by atoms with Gasteiger partial charge in [-0.15, -0.1) is 0 Å². The molecule has 2 aliphatic rings. The Bertz CT molecular complexity index is 1060. The van der Waals surface area contributed by atoms with Crippen LogP contribution in [-0.2, 0) is 20.2 Å². The first-order chi connectivity index (χ1) is 14.2. The quantitative estimate of drug-likeness (QED) is 0.645. The molecule has 0 N–H and O–H groups in total. The molecule has 30 heavy (non-hydrogen) atoms. The van der Waals surface area contributed by atoms with E-state index < -0.39 is 32.0 Å². The fourth-order valence-electron chi connectivity index (χ4n) is 4.18. The summed E-state index contributed by atoms with van der Waals surface area (Å²) in [6.07, 6.45) is 2.51. The predicted molar refractivity (Wildman–Crippen MR) is 111 cm³/mol. The lowest BCUT2D eigenvalue weighted by Crippen LogP contribution is -2.57. The SMILES string of the molecule is O=C(N1CCN(S(=O)(=O)c2ccc(F)cc2F)CC1)C1(c2ccc(Br)cc2)CCC1. The van der Waals surface area contributed by atoms with Crippen LogP contribution in [0.5, 0.6) is 0 Å². The summed E-state index contributed by atoms with van der Waals surface area (Å²) in [6.45, 7) is 0.612. The number of rotatable bonds is 4. The van der Waals surface area contributed by atoms with Crippen molar-refractivity contribution in [3.63, 3.8) is 0 Å². The first kappa shape index (κ1) is 21.4. The topological polar surface area (TPSA) is 57.7 Å². The Hall–Kier alpha value is -1.84. The molecule has 4 rings (SSSR count). The van der Waals surface area contributed by atoms with Gasteiger partial charge in [0.25, 0.3) is 0 Å². The Labute approximate surface area is 182 Å². The van der Waals surface area contributed by atoms with Crippen LogP contribution in [0.1, 0.15) is 24.8 Å². The zero-order valence-corrected chi connectivity index (χ0v) is 18.6. The number of carbonyl (C=O) groups is 1. The summed E-state index contributed by atoms with van der Waals surface area (Å²) < 4.78 is 54.8. The molecular formula is C21H21BrF2N2O3S. The van der Waals surface area contributed by atoms with Gasteiger partial charge in [-0.25, -0.2) is 17.2 Å². The standard InChI is InChI=1S/C21H21BrF2N2O3S/c22-16-4-2-15(3-5-16)21(8-1-9-21)20(27)25-10-12-26(13-11-25)30(28,29)19-7-6-17(23)14-18(19)24/h2-7,14H,1,8-13H2. The molecule has 1 heterocycles. The molecule has 2 aromatic carbocycles. The van der Waals surface area contributed by atoms with Gasteiger partial charge >= 0.3 is 0 Å². The molecule has 1 saturated heterocycles. The first-order valence-corrected chi connectivity index (χ1v) is 12.0. The minimum Gasteiger partial charge on any atom is -0.339 e. The number of benzene rings is 2. The number of amides is 1. The number of carbonyl (C=O) groups excluding carboxylic acids is 1. The number of hydrogen-bond acceptors (Lipinski definition) is 3. The van der Waals surface area contributed by atoms with Gasteiger partial charge in [-0.05, 0) is 42.7 Å². The zero-order valence-electron chi connectivity index (χ0n) is 16.2. The van der Waals surface area contributed by atoms with Crippen molar-refractivity contribution in [1.29, 1.82) is 0 Å². The lowest BCUT2D eigenvalue weighted by molar-refractivity contribution is -0.142. The minimum atomic E-state index is -4.09. The minimum absolute atomic E-state index is 0.0149. The van der Waals surface area contributed by atoms with E-state index in [0.717, 1.165) is 45.7 Å². The van der Waals surface area contributed by atoms with Crippen LogP contribution in [0.4, 0.5) is 8.78 Å².